The number of hydrogen-bond donors (Lipinski definition) is 1. The van der Waals surface area contributed by atoms with Crippen molar-refractivity contribution in [2.24, 2.45) is 0 Å². The lowest BCUT2D eigenvalue weighted by atomic mass is 10.1. The topological polar surface area (TPSA) is 78.3 Å². The number of hydrogen-bond acceptors (Lipinski definition) is 5. The van der Waals surface area contributed by atoms with Gasteiger partial charge in [-0.2, -0.15) is 4.80 Å². The number of nitrogens with zero attached hydrogens (tertiary/aromatic N) is 3. The first kappa shape index (κ1) is 20.7. The average Bonchev–Trinajstić information content (AvgIpc) is 3.18. The van der Waals surface area contributed by atoms with Crippen LogP contribution >= 0.6 is 11.6 Å². The zero-order valence-corrected chi connectivity index (χ0v) is 18.1. The predicted molar refractivity (Wildman–Crippen MR) is 120 cm³/mol. The fourth-order valence-electron chi connectivity index (χ4n) is 2.95. The maximum atomic E-state index is 12.8. The Morgan fingerprint density at radius 3 is 2.26 bits per heavy atom. The van der Waals surface area contributed by atoms with Crippen LogP contribution in [0.2, 0.25) is 5.02 Å². The molecule has 1 amide bonds. The van der Waals surface area contributed by atoms with Crippen molar-refractivity contribution in [3.05, 3.63) is 71.8 Å². The van der Waals surface area contributed by atoms with Gasteiger partial charge in [0.15, 0.2) is 5.60 Å². The largest absolute Gasteiger partial charge is 0.497 e. The van der Waals surface area contributed by atoms with Crippen molar-refractivity contribution >= 4 is 34.2 Å². The molecule has 0 aliphatic rings. The maximum Gasteiger partial charge on any atom is 0.267 e. The monoisotopic (exact) mass is 436 g/mol. The minimum atomic E-state index is -1.09. The van der Waals surface area contributed by atoms with Gasteiger partial charge < -0.3 is 14.8 Å². The molecule has 0 bridgehead atoms. The molecule has 1 N–H and O–H groups in total. The van der Waals surface area contributed by atoms with E-state index in [1.54, 1.807) is 62.2 Å². The Morgan fingerprint density at radius 2 is 1.58 bits per heavy atom. The minimum absolute atomic E-state index is 0.288. The number of methoxy groups -OCH3 is 1. The van der Waals surface area contributed by atoms with Crippen LogP contribution in [0.15, 0.2) is 66.7 Å². The molecule has 1 aromatic heterocycles. The molecular weight excluding hydrogens is 416 g/mol. The van der Waals surface area contributed by atoms with Gasteiger partial charge in [-0.1, -0.05) is 11.6 Å². The molecule has 0 aliphatic heterocycles. The molecule has 0 radical (unpaired) electrons. The SMILES string of the molecule is COc1ccc(-n2nc3ccc(NC(=O)C(C)(C)Oc4ccc(Cl)cc4)cc3n2)cc1. The van der Waals surface area contributed by atoms with Crippen molar-refractivity contribution in [2.45, 2.75) is 19.4 Å². The van der Waals surface area contributed by atoms with E-state index >= 15 is 0 Å². The first-order valence-corrected chi connectivity index (χ1v) is 9.99. The van der Waals surface area contributed by atoms with Gasteiger partial charge in [-0.25, -0.2) is 0 Å². The molecule has 31 heavy (non-hydrogen) atoms. The second kappa shape index (κ2) is 8.28. The number of amides is 1. The second-order valence-electron chi connectivity index (χ2n) is 7.41. The van der Waals surface area contributed by atoms with Crippen molar-refractivity contribution in [3.63, 3.8) is 0 Å². The third kappa shape index (κ3) is 4.62. The third-order valence-corrected chi connectivity index (χ3v) is 4.93. The Kier molecular flexibility index (Phi) is 5.52. The first-order chi connectivity index (χ1) is 14.8. The maximum absolute atomic E-state index is 12.8. The molecule has 158 valence electrons. The van der Waals surface area contributed by atoms with E-state index in [4.69, 9.17) is 21.1 Å². The van der Waals surface area contributed by atoms with E-state index in [-0.39, 0.29) is 5.91 Å². The van der Waals surface area contributed by atoms with Crippen molar-refractivity contribution in [3.8, 4) is 17.2 Å². The molecule has 1 heterocycles. The summed E-state index contributed by atoms with van der Waals surface area (Å²) in [4.78, 5) is 14.4. The van der Waals surface area contributed by atoms with E-state index in [9.17, 15) is 4.79 Å². The highest BCUT2D eigenvalue weighted by Crippen LogP contribution is 2.23. The van der Waals surface area contributed by atoms with Crippen molar-refractivity contribution in [1.29, 1.82) is 0 Å². The minimum Gasteiger partial charge on any atom is -0.497 e. The summed E-state index contributed by atoms with van der Waals surface area (Å²) in [5.41, 5.74) is 1.69. The Hall–Kier alpha value is -3.58. The second-order valence-corrected chi connectivity index (χ2v) is 7.85. The van der Waals surface area contributed by atoms with Gasteiger partial charge in [0.05, 0.1) is 12.8 Å². The van der Waals surface area contributed by atoms with Crippen molar-refractivity contribution in [2.75, 3.05) is 12.4 Å². The number of fused-ring (bicyclic) bond motifs is 1. The van der Waals surface area contributed by atoms with E-state index in [0.29, 0.717) is 27.5 Å². The fraction of sp³-hybridized carbons (Fsp3) is 0.174. The van der Waals surface area contributed by atoms with E-state index in [1.165, 1.54) is 0 Å². The van der Waals surface area contributed by atoms with Gasteiger partial charge in [0.1, 0.15) is 22.5 Å². The van der Waals surface area contributed by atoms with Crippen molar-refractivity contribution < 1.29 is 14.3 Å². The normalized spacial score (nSPS) is 11.4. The third-order valence-electron chi connectivity index (χ3n) is 4.68. The molecule has 0 fully saturated rings. The molecule has 7 nitrogen and oxygen atoms in total. The van der Waals surface area contributed by atoms with Gasteiger partial charge in [0.2, 0.25) is 0 Å². The van der Waals surface area contributed by atoms with Gasteiger partial charge in [0.25, 0.3) is 5.91 Å². The molecule has 4 aromatic rings. The molecular formula is C23H21ClN4O3. The van der Waals surface area contributed by atoms with Gasteiger partial charge in [0, 0.05) is 10.7 Å². The van der Waals surface area contributed by atoms with Crippen LogP contribution in [0.4, 0.5) is 5.69 Å². The van der Waals surface area contributed by atoms with E-state index < -0.39 is 5.60 Å². The number of rotatable bonds is 6. The van der Waals surface area contributed by atoms with Crippen LogP contribution in [-0.4, -0.2) is 33.6 Å². The van der Waals surface area contributed by atoms with Gasteiger partial charge in [-0.05, 0) is 80.6 Å². The number of carbonyl (C=O) groups is 1. The lowest BCUT2D eigenvalue weighted by Crippen LogP contribution is -2.42. The summed E-state index contributed by atoms with van der Waals surface area (Å²) in [7, 11) is 1.62. The van der Waals surface area contributed by atoms with Crippen LogP contribution < -0.4 is 14.8 Å². The van der Waals surface area contributed by atoms with E-state index in [0.717, 1.165) is 11.4 Å². The van der Waals surface area contributed by atoms with Crippen LogP contribution in [0.1, 0.15) is 13.8 Å². The number of nitrogens with one attached hydrogen (secondary N) is 1. The number of halogens is 1. The molecule has 0 aliphatic carbocycles. The van der Waals surface area contributed by atoms with Crippen molar-refractivity contribution in [1.82, 2.24) is 15.0 Å². The number of anilines is 1. The van der Waals surface area contributed by atoms with Crippen LogP contribution in [-0.2, 0) is 4.79 Å². The summed E-state index contributed by atoms with van der Waals surface area (Å²) in [6.07, 6.45) is 0. The molecule has 0 spiro atoms. The number of carbonyl (C=O) groups excluding carboxylic acids is 1. The van der Waals surface area contributed by atoms with Gasteiger partial charge in [-0.3, -0.25) is 4.79 Å². The van der Waals surface area contributed by atoms with Crippen LogP contribution in [0.3, 0.4) is 0 Å². The molecule has 3 aromatic carbocycles. The Balaban J connectivity index is 1.51. The highest BCUT2D eigenvalue weighted by Gasteiger charge is 2.30. The van der Waals surface area contributed by atoms with E-state index in [2.05, 4.69) is 15.5 Å². The molecule has 0 saturated heterocycles. The van der Waals surface area contributed by atoms with Crippen LogP contribution in [0.5, 0.6) is 11.5 Å². The number of benzene rings is 3. The zero-order valence-electron chi connectivity index (χ0n) is 17.3. The molecule has 0 atom stereocenters. The molecule has 0 saturated carbocycles. The van der Waals surface area contributed by atoms with Crippen LogP contribution in [0.25, 0.3) is 16.7 Å². The van der Waals surface area contributed by atoms with Crippen LogP contribution in [0, 0.1) is 0 Å². The van der Waals surface area contributed by atoms with Gasteiger partial charge >= 0.3 is 0 Å². The number of aromatic nitrogens is 3. The standard InChI is InChI=1S/C23H21ClN4O3/c1-23(2,31-19-9-4-15(24)5-10-19)22(29)25-16-6-13-20-21(14-16)27-28(26-20)17-7-11-18(30-3)12-8-17/h4-14H,1-3H3,(H,25,29). The first-order valence-electron chi connectivity index (χ1n) is 9.62. The zero-order chi connectivity index (χ0) is 22.0. The highest BCUT2D eigenvalue weighted by atomic mass is 35.5. The molecule has 4 rings (SSSR count). The molecule has 0 unspecified atom stereocenters. The Labute approximate surface area is 184 Å². The average molecular weight is 437 g/mol. The summed E-state index contributed by atoms with van der Waals surface area (Å²) in [5.74, 6) is 1.03. The summed E-state index contributed by atoms with van der Waals surface area (Å²) >= 11 is 5.90. The quantitative estimate of drug-likeness (QED) is 0.466. The lowest BCUT2D eigenvalue weighted by Gasteiger charge is -2.25. The van der Waals surface area contributed by atoms with Gasteiger partial charge in [-0.15, -0.1) is 10.2 Å². The summed E-state index contributed by atoms with van der Waals surface area (Å²) in [6, 6.07) is 19.7. The highest BCUT2D eigenvalue weighted by molar-refractivity contribution is 6.30. The number of ether oxygens (including phenoxy) is 2. The Morgan fingerprint density at radius 1 is 0.935 bits per heavy atom. The van der Waals surface area contributed by atoms with E-state index in [1.807, 2.05) is 30.3 Å². The fourth-order valence-corrected chi connectivity index (χ4v) is 3.07. The lowest BCUT2D eigenvalue weighted by molar-refractivity contribution is -0.128. The summed E-state index contributed by atoms with van der Waals surface area (Å²) in [5, 5.41) is 12.5. The molecule has 8 heteroatoms. The summed E-state index contributed by atoms with van der Waals surface area (Å²) in [6.45, 7) is 3.41. The summed E-state index contributed by atoms with van der Waals surface area (Å²) < 4.78 is 11.0. The Bertz CT molecular complexity index is 1220. The smallest absolute Gasteiger partial charge is 0.267 e. The predicted octanol–water partition coefficient (Wildman–Crippen LogP) is 4.88.